The number of hydrogen-bond donors (Lipinski definition) is 3. The lowest BCUT2D eigenvalue weighted by Gasteiger charge is -2.12. The Labute approximate surface area is 147 Å². The summed E-state index contributed by atoms with van der Waals surface area (Å²) < 4.78 is 5.47. The van der Waals surface area contributed by atoms with E-state index in [4.69, 9.17) is 10.5 Å². The molecule has 0 unspecified atom stereocenters. The first kappa shape index (κ1) is 18.5. The van der Waals surface area contributed by atoms with Crippen LogP contribution >= 0.6 is 0 Å². The van der Waals surface area contributed by atoms with Crippen molar-refractivity contribution in [1.29, 1.82) is 0 Å². The van der Waals surface area contributed by atoms with Crippen LogP contribution in [0.15, 0.2) is 42.5 Å². The van der Waals surface area contributed by atoms with Gasteiger partial charge in [0.2, 0.25) is 5.91 Å². The summed E-state index contributed by atoms with van der Waals surface area (Å²) in [6.07, 6.45) is 0.250. The Morgan fingerprint density at radius 2 is 1.72 bits per heavy atom. The minimum atomic E-state index is -0.269. The number of benzene rings is 2. The zero-order valence-electron chi connectivity index (χ0n) is 14.5. The van der Waals surface area contributed by atoms with Crippen molar-refractivity contribution in [2.45, 2.75) is 20.3 Å². The van der Waals surface area contributed by atoms with Crippen LogP contribution in [-0.2, 0) is 9.59 Å². The fourth-order valence-electron chi connectivity index (χ4n) is 2.16. The van der Waals surface area contributed by atoms with Crippen LogP contribution in [0.1, 0.15) is 17.5 Å². The average Bonchev–Trinajstić information content (AvgIpc) is 2.57. The van der Waals surface area contributed by atoms with E-state index in [-0.39, 0.29) is 31.4 Å². The van der Waals surface area contributed by atoms with Gasteiger partial charge in [0.25, 0.3) is 5.91 Å². The molecule has 0 aliphatic heterocycles. The van der Waals surface area contributed by atoms with Gasteiger partial charge in [0.15, 0.2) is 6.61 Å². The van der Waals surface area contributed by atoms with E-state index in [9.17, 15) is 9.59 Å². The van der Waals surface area contributed by atoms with Crippen molar-refractivity contribution in [2.75, 3.05) is 23.8 Å². The molecule has 0 aliphatic carbocycles. The summed E-state index contributed by atoms with van der Waals surface area (Å²) >= 11 is 0. The van der Waals surface area contributed by atoms with E-state index in [1.54, 1.807) is 12.1 Å². The molecule has 0 aliphatic rings. The predicted octanol–water partition coefficient (Wildman–Crippen LogP) is 2.61. The molecule has 0 saturated heterocycles. The molecule has 4 N–H and O–H groups in total. The number of nitrogens with two attached hydrogens (primary N) is 1. The molecule has 0 fully saturated rings. The Balaban J connectivity index is 1.94. The normalized spacial score (nSPS) is 10.2. The van der Waals surface area contributed by atoms with E-state index in [1.807, 2.05) is 44.2 Å². The molecule has 2 aromatic carbocycles. The number of hydrogen-bond acceptors (Lipinski definition) is 4. The molecule has 25 heavy (non-hydrogen) atoms. The van der Waals surface area contributed by atoms with Crippen LogP contribution in [0, 0.1) is 13.8 Å². The monoisotopic (exact) mass is 341 g/mol. The highest BCUT2D eigenvalue weighted by Gasteiger charge is 2.08. The molecule has 6 nitrogen and oxygen atoms in total. The third kappa shape index (κ3) is 5.93. The molecule has 132 valence electrons. The van der Waals surface area contributed by atoms with Gasteiger partial charge in [-0.2, -0.15) is 0 Å². The maximum atomic E-state index is 12.1. The second kappa shape index (κ2) is 8.84. The summed E-state index contributed by atoms with van der Waals surface area (Å²) in [5.74, 6) is 0.209. The zero-order valence-corrected chi connectivity index (χ0v) is 14.5. The van der Waals surface area contributed by atoms with Crippen LogP contribution in [0.4, 0.5) is 11.4 Å². The minimum Gasteiger partial charge on any atom is -0.484 e. The molecule has 0 heterocycles. The molecule has 2 amide bonds. The Morgan fingerprint density at radius 3 is 2.40 bits per heavy atom. The number of ether oxygens (including phenoxy) is 1. The fourth-order valence-corrected chi connectivity index (χ4v) is 2.16. The lowest BCUT2D eigenvalue weighted by Crippen LogP contribution is -2.21. The Kier molecular flexibility index (Phi) is 6.54. The van der Waals surface area contributed by atoms with Crippen molar-refractivity contribution in [3.63, 3.8) is 0 Å². The number of anilines is 2. The summed E-state index contributed by atoms with van der Waals surface area (Å²) in [4.78, 5) is 23.7. The Hall–Kier alpha value is -2.86. The summed E-state index contributed by atoms with van der Waals surface area (Å²) in [6.45, 7) is 4.06. The molecule has 0 saturated carbocycles. The number of carbonyl (C=O) groups excluding carboxylic acids is 2. The molecular formula is C19H23N3O3. The van der Waals surface area contributed by atoms with Crippen molar-refractivity contribution in [3.05, 3.63) is 53.6 Å². The van der Waals surface area contributed by atoms with Gasteiger partial charge in [-0.15, -0.1) is 0 Å². The average molecular weight is 341 g/mol. The van der Waals surface area contributed by atoms with Crippen molar-refractivity contribution < 1.29 is 14.3 Å². The smallest absolute Gasteiger partial charge is 0.262 e. The topological polar surface area (TPSA) is 93.5 Å². The number of rotatable bonds is 7. The molecule has 6 heteroatoms. The van der Waals surface area contributed by atoms with Gasteiger partial charge >= 0.3 is 0 Å². The van der Waals surface area contributed by atoms with Crippen molar-refractivity contribution in [3.8, 4) is 5.75 Å². The molecule has 2 rings (SSSR count). The zero-order chi connectivity index (χ0) is 18.2. The fraction of sp³-hybridized carbons (Fsp3) is 0.263. The van der Waals surface area contributed by atoms with E-state index >= 15 is 0 Å². The van der Waals surface area contributed by atoms with Crippen molar-refractivity contribution in [2.24, 2.45) is 5.73 Å². The largest absolute Gasteiger partial charge is 0.484 e. The van der Waals surface area contributed by atoms with E-state index in [0.717, 1.165) is 11.1 Å². The summed E-state index contributed by atoms with van der Waals surface area (Å²) in [6, 6.07) is 12.8. The lowest BCUT2D eigenvalue weighted by atomic mass is 10.1. The first-order chi connectivity index (χ1) is 12.0. The summed E-state index contributed by atoms with van der Waals surface area (Å²) in [5, 5.41) is 5.54. The first-order valence-electron chi connectivity index (χ1n) is 8.08. The maximum Gasteiger partial charge on any atom is 0.262 e. The second-order valence-electron chi connectivity index (χ2n) is 5.77. The number of nitrogens with one attached hydrogen (secondary N) is 2. The van der Waals surface area contributed by atoms with Gasteiger partial charge in [0.05, 0.1) is 0 Å². The van der Waals surface area contributed by atoms with Gasteiger partial charge in [0.1, 0.15) is 5.75 Å². The predicted molar refractivity (Wildman–Crippen MR) is 98.8 cm³/mol. The molecule has 2 aromatic rings. The molecule has 0 aromatic heterocycles. The van der Waals surface area contributed by atoms with Crippen LogP contribution in [0.25, 0.3) is 0 Å². The number of amides is 2. The highest BCUT2D eigenvalue weighted by atomic mass is 16.5. The SMILES string of the molecule is Cc1ccc(OCC(=O)Nc2cc(NC(=O)CCN)ccc2C)cc1. The molecule has 0 radical (unpaired) electrons. The molecule has 0 bridgehead atoms. The van der Waals surface area contributed by atoms with Crippen LogP contribution in [0.3, 0.4) is 0 Å². The molecule has 0 atom stereocenters. The quantitative estimate of drug-likeness (QED) is 0.721. The van der Waals surface area contributed by atoms with E-state index in [1.165, 1.54) is 0 Å². The van der Waals surface area contributed by atoms with Gasteiger partial charge in [0, 0.05) is 24.3 Å². The number of carbonyl (C=O) groups is 2. The van der Waals surface area contributed by atoms with Crippen LogP contribution in [-0.4, -0.2) is 25.0 Å². The Morgan fingerprint density at radius 1 is 1.00 bits per heavy atom. The van der Waals surface area contributed by atoms with Crippen molar-refractivity contribution >= 4 is 23.2 Å². The van der Waals surface area contributed by atoms with Gasteiger partial charge in [-0.3, -0.25) is 9.59 Å². The molecule has 0 spiro atoms. The first-order valence-corrected chi connectivity index (χ1v) is 8.08. The maximum absolute atomic E-state index is 12.1. The number of aryl methyl sites for hydroxylation is 2. The third-order valence-corrected chi connectivity index (χ3v) is 3.56. The highest BCUT2D eigenvalue weighted by molar-refractivity contribution is 5.95. The van der Waals surface area contributed by atoms with E-state index in [2.05, 4.69) is 10.6 Å². The lowest BCUT2D eigenvalue weighted by molar-refractivity contribution is -0.118. The molecular weight excluding hydrogens is 318 g/mol. The van der Waals surface area contributed by atoms with E-state index < -0.39 is 0 Å². The summed E-state index contributed by atoms with van der Waals surface area (Å²) in [7, 11) is 0. The van der Waals surface area contributed by atoms with E-state index in [0.29, 0.717) is 17.1 Å². The van der Waals surface area contributed by atoms with Gasteiger partial charge in [-0.05, 0) is 43.7 Å². The minimum absolute atomic E-state index is 0.0910. The highest BCUT2D eigenvalue weighted by Crippen LogP contribution is 2.20. The van der Waals surface area contributed by atoms with Crippen LogP contribution in [0.2, 0.25) is 0 Å². The van der Waals surface area contributed by atoms with Gasteiger partial charge in [-0.1, -0.05) is 23.8 Å². The van der Waals surface area contributed by atoms with Crippen molar-refractivity contribution in [1.82, 2.24) is 0 Å². The van der Waals surface area contributed by atoms with Crippen LogP contribution in [0.5, 0.6) is 5.75 Å². The summed E-state index contributed by atoms with van der Waals surface area (Å²) in [5.41, 5.74) is 8.61. The standard InChI is InChI=1S/C19H23N3O3/c1-13-3-7-16(8-4-13)25-12-19(24)22-17-11-15(6-5-14(17)2)21-18(23)9-10-20/h3-8,11H,9-10,12,20H2,1-2H3,(H,21,23)(H,22,24). The van der Waals surface area contributed by atoms with Gasteiger partial charge < -0.3 is 21.1 Å². The van der Waals surface area contributed by atoms with Crippen LogP contribution < -0.4 is 21.1 Å². The second-order valence-corrected chi connectivity index (χ2v) is 5.77. The van der Waals surface area contributed by atoms with Gasteiger partial charge in [-0.25, -0.2) is 0 Å². The third-order valence-electron chi connectivity index (χ3n) is 3.56. The Bertz CT molecular complexity index is 742.